The van der Waals surface area contributed by atoms with Crippen molar-refractivity contribution in [1.29, 1.82) is 0 Å². The summed E-state index contributed by atoms with van der Waals surface area (Å²) in [5, 5.41) is 3.38. The Hall–Kier alpha value is -0.860. The Morgan fingerprint density at radius 2 is 2.00 bits per heavy atom. The van der Waals surface area contributed by atoms with Gasteiger partial charge in [-0.25, -0.2) is 0 Å². The van der Waals surface area contributed by atoms with Crippen LogP contribution in [0.25, 0.3) is 0 Å². The highest BCUT2D eigenvalue weighted by Crippen LogP contribution is 2.22. The first-order valence-corrected chi connectivity index (χ1v) is 6.51. The maximum atomic E-state index is 5.57. The molecule has 0 saturated heterocycles. The molecule has 0 fully saturated rings. The fourth-order valence-corrected chi connectivity index (χ4v) is 2.05. The lowest BCUT2D eigenvalue weighted by Gasteiger charge is -2.20. The highest BCUT2D eigenvalue weighted by atomic mass is 16.5. The van der Waals surface area contributed by atoms with Crippen molar-refractivity contribution < 1.29 is 4.74 Å². The summed E-state index contributed by atoms with van der Waals surface area (Å²) in [6.45, 7) is 8.19. The van der Waals surface area contributed by atoms with Crippen molar-refractivity contribution in [2.24, 2.45) is 0 Å². The molecule has 17 heavy (non-hydrogen) atoms. The van der Waals surface area contributed by atoms with Crippen LogP contribution in [-0.2, 0) is 4.74 Å². The predicted octanol–water partition coefficient (Wildman–Crippen LogP) is 3.38. The molecule has 0 radical (unpaired) electrons. The third-order valence-corrected chi connectivity index (χ3v) is 3.27. The lowest BCUT2D eigenvalue weighted by Crippen LogP contribution is -2.19. The van der Waals surface area contributed by atoms with E-state index in [0.29, 0.717) is 6.04 Å². The first kappa shape index (κ1) is 14.2. The Bertz CT molecular complexity index is 336. The summed E-state index contributed by atoms with van der Waals surface area (Å²) >= 11 is 0. The van der Waals surface area contributed by atoms with Crippen LogP contribution in [0, 0.1) is 13.8 Å². The van der Waals surface area contributed by atoms with Gasteiger partial charge in [-0.05, 0) is 50.4 Å². The Kier molecular flexibility index (Phi) is 6.23. The van der Waals surface area contributed by atoms with E-state index in [9.17, 15) is 0 Å². The van der Waals surface area contributed by atoms with Crippen LogP contribution < -0.4 is 5.32 Å². The van der Waals surface area contributed by atoms with Crippen LogP contribution in [0.3, 0.4) is 0 Å². The zero-order valence-electron chi connectivity index (χ0n) is 11.5. The van der Waals surface area contributed by atoms with Gasteiger partial charge >= 0.3 is 0 Å². The van der Waals surface area contributed by atoms with Gasteiger partial charge in [-0.2, -0.15) is 0 Å². The second kappa shape index (κ2) is 7.46. The van der Waals surface area contributed by atoms with Gasteiger partial charge in [0.25, 0.3) is 0 Å². The van der Waals surface area contributed by atoms with E-state index in [2.05, 4.69) is 44.3 Å². The summed E-state index contributed by atoms with van der Waals surface area (Å²) in [6.07, 6.45) is 2.12. The molecule has 1 unspecified atom stereocenters. The molecular weight excluding hydrogens is 210 g/mol. The van der Waals surface area contributed by atoms with Gasteiger partial charge in [-0.3, -0.25) is 0 Å². The van der Waals surface area contributed by atoms with Gasteiger partial charge in [0, 0.05) is 19.3 Å². The normalized spacial score (nSPS) is 12.7. The molecule has 2 nitrogen and oxygen atoms in total. The van der Waals surface area contributed by atoms with E-state index in [4.69, 9.17) is 4.74 Å². The minimum atomic E-state index is 0.395. The van der Waals surface area contributed by atoms with E-state index < -0.39 is 0 Å². The zero-order valence-corrected chi connectivity index (χ0v) is 11.5. The lowest BCUT2D eigenvalue weighted by molar-refractivity contribution is 0.125. The molecule has 96 valence electrons. The number of rotatable bonds is 7. The SMILES string of the molecule is CCCOCCC(NC)c1cccc(C)c1C. The Morgan fingerprint density at radius 3 is 2.65 bits per heavy atom. The van der Waals surface area contributed by atoms with Gasteiger partial charge < -0.3 is 10.1 Å². The molecule has 2 heteroatoms. The Morgan fingerprint density at radius 1 is 1.24 bits per heavy atom. The minimum absolute atomic E-state index is 0.395. The average Bonchev–Trinajstić information content (AvgIpc) is 2.34. The third kappa shape index (κ3) is 4.14. The number of hydrogen-bond acceptors (Lipinski definition) is 2. The van der Waals surface area contributed by atoms with Crippen molar-refractivity contribution in [3.8, 4) is 0 Å². The molecule has 1 N–H and O–H groups in total. The molecule has 0 aromatic heterocycles. The van der Waals surface area contributed by atoms with Gasteiger partial charge in [-0.15, -0.1) is 0 Å². The third-order valence-electron chi connectivity index (χ3n) is 3.27. The second-order valence-corrected chi connectivity index (χ2v) is 4.53. The molecule has 1 rings (SSSR count). The van der Waals surface area contributed by atoms with Crippen molar-refractivity contribution in [3.63, 3.8) is 0 Å². The molecule has 1 atom stereocenters. The molecule has 1 aromatic carbocycles. The van der Waals surface area contributed by atoms with E-state index in [1.54, 1.807) is 0 Å². The quantitative estimate of drug-likeness (QED) is 0.732. The van der Waals surface area contributed by atoms with E-state index in [1.165, 1.54) is 16.7 Å². The standard InChI is InChI=1S/C15H25NO/c1-5-10-17-11-9-15(16-4)14-8-6-7-12(2)13(14)3/h6-8,15-16H,5,9-11H2,1-4H3. The molecule has 0 amide bonds. The second-order valence-electron chi connectivity index (χ2n) is 4.53. The smallest absolute Gasteiger partial charge is 0.0484 e. The molecular formula is C15H25NO. The van der Waals surface area contributed by atoms with Crippen molar-refractivity contribution in [3.05, 3.63) is 34.9 Å². The van der Waals surface area contributed by atoms with Crippen LogP contribution in [0.5, 0.6) is 0 Å². The summed E-state index contributed by atoms with van der Waals surface area (Å²) in [6, 6.07) is 6.91. The first-order chi connectivity index (χ1) is 8.20. The Labute approximate surface area is 105 Å². The summed E-state index contributed by atoms with van der Waals surface area (Å²) < 4.78 is 5.57. The fraction of sp³-hybridized carbons (Fsp3) is 0.600. The van der Waals surface area contributed by atoms with Gasteiger partial charge in [0.2, 0.25) is 0 Å². The summed E-state index contributed by atoms with van der Waals surface area (Å²) in [5.41, 5.74) is 4.15. The lowest BCUT2D eigenvalue weighted by atomic mass is 9.96. The van der Waals surface area contributed by atoms with Crippen LogP contribution >= 0.6 is 0 Å². The van der Waals surface area contributed by atoms with Crippen LogP contribution in [0.4, 0.5) is 0 Å². The van der Waals surface area contributed by atoms with E-state index in [1.807, 2.05) is 7.05 Å². The van der Waals surface area contributed by atoms with Crippen molar-refractivity contribution >= 4 is 0 Å². The molecule has 0 aliphatic heterocycles. The Balaban J connectivity index is 2.63. The van der Waals surface area contributed by atoms with E-state index >= 15 is 0 Å². The molecule has 0 saturated carbocycles. The zero-order chi connectivity index (χ0) is 12.7. The summed E-state index contributed by atoms with van der Waals surface area (Å²) in [5.74, 6) is 0. The van der Waals surface area contributed by atoms with Crippen molar-refractivity contribution in [2.45, 2.75) is 39.7 Å². The van der Waals surface area contributed by atoms with Gasteiger partial charge in [0.15, 0.2) is 0 Å². The maximum absolute atomic E-state index is 5.57. The molecule has 1 aromatic rings. The van der Waals surface area contributed by atoms with Gasteiger partial charge in [0.1, 0.15) is 0 Å². The number of hydrogen-bond donors (Lipinski definition) is 1. The van der Waals surface area contributed by atoms with Crippen molar-refractivity contribution in [1.82, 2.24) is 5.32 Å². The molecule has 0 bridgehead atoms. The van der Waals surface area contributed by atoms with E-state index in [-0.39, 0.29) is 0 Å². The first-order valence-electron chi connectivity index (χ1n) is 6.51. The number of nitrogens with one attached hydrogen (secondary N) is 1. The van der Waals surface area contributed by atoms with Gasteiger partial charge in [-0.1, -0.05) is 25.1 Å². The number of aryl methyl sites for hydroxylation is 1. The minimum Gasteiger partial charge on any atom is -0.381 e. The van der Waals surface area contributed by atoms with Crippen molar-refractivity contribution in [2.75, 3.05) is 20.3 Å². The van der Waals surface area contributed by atoms with E-state index in [0.717, 1.165) is 26.1 Å². The largest absolute Gasteiger partial charge is 0.381 e. The number of ether oxygens (including phenoxy) is 1. The molecule has 0 aliphatic rings. The monoisotopic (exact) mass is 235 g/mol. The van der Waals surface area contributed by atoms with Gasteiger partial charge in [0.05, 0.1) is 0 Å². The fourth-order valence-electron chi connectivity index (χ4n) is 2.05. The molecule has 0 spiro atoms. The topological polar surface area (TPSA) is 21.3 Å². The average molecular weight is 235 g/mol. The summed E-state index contributed by atoms with van der Waals surface area (Å²) in [4.78, 5) is 0. The van der Waals surface area contributed by atoms with Crippen LogP contribution in [-0.4, -0.2) is 20.3 Å². The summed E-state index contributed by atoms with van der Waals surface area (Å²) in [7, 11) is 2.02. The predicted molar refractivity (Wildman–Crippen MR) is 73.4 cm³/mol. The highest BCUT2D eigenvalue weighted by Gasteiger charge is 2.12. The number of benzene rings is 1. The van der Waals surface area contributed by atoms with Crippen LogP contribution in [0.15, 0.2) is 18.2 Å². The maximum Gasteiger partial charge on any atom is 0.0484 e. The van der Waals surface area contributed by atoms with Crippen LogP contribution in [0.1, 0.15) is 42.5 Å². The van der Waals surface area contributed by atoms with Crippen LogP contribution in [0.2, 0.25) is 0 Å². The molecule has 0 aliphatic carbocycles. The molecule has 0 heterocycles. The highest BCUT2D eigenvalue weighted by molar-refractivity contribution is 5.35.